The Morgan fingerprint density at radius 3 is 2.56 bits per heavy atom. The Labute approximate surface area is 246 Å². The van der Waals surface area contributed by atoms with Crippen molar-refractivity contribution in [3.05, 3.63) is 35.2 Å². The number of rotatable bonds is 8. The van der Waals surface area contributed by atoms with Crippen LogP contribution in [0.25, 0.3) is 11.3 Å². The minimum atomic E-state index is -0.635. The molecular formula is C31H41N5O4S. The third-order valence-electron chi connectivity index (χ3n) is 9.37. The summed E-state index contributed by atoms with van der Waals surface area (Å²) >= 11 is 1.65. The molecule has 1 aromatic heterocycles. The Balaban J connectivity index is 1.15. The molecule has 2 amide bonds. The lowest BCUT2D eigenvalue weighted by Crippen LogP contribution is -2.54. The van der Waals surface area contributed by atoms with Gasteiger partial charge in [0.1, 0.15) is 18.7 Å². The Hall–Kier alpha value is -2.82. The highest BCUT2D eigenvalue weighted by molar-refractivity contribution is 7.14. The number of hydrogen-bond acceptors (Lipinski definition) is 8. The predicted molar refractivity (Wildman–Crippen MR) is 159 cm³/mol. The molecule has 3 saturated heterocycles. The van der Waals surface area contributed by atoms with Crippen LogP contribution in [0.3, 0.4) is 0 Å². The van der Waals surface area contributed by atoms with Crippen molar-refractivity contribution in [2.75, 3.05) is 51.3 Å². The number of hydrogen-bond donors (Lipinski definition) is 1. The van der Waals surface area contributed by atoms with Crippen molar-refractivity contribution in [2.24, 2.45) is 11.8 Å². The number of ether oxygens (including phenoxy) is 1. The van der Waals surface area contributed by atoms with E-state index in [2.05, 4.69) is 34.5 Å². The molecule has 4 heterocycles. The number of likely N-dealkylation sites (tertiary alicyclic amines) is 1. The van der Waals surface area contributed by atoms with Crippen LogP contribution in [0.1, 0.15) is 55.8 Å². The maximum atomic E-state index is 14.0. The van der Waals surface area contributed by atoms with Crippen LogP contribution in [0.15, 0.2) is 29.6 Å². The summed E-state index contributed by atoms with van der Waals surface area (Å²) in [5.74, 6) is -0.168. The summed E-state index contributed by atoms with van der Waals surface area (Å²) in [6.07, 6.45) is 5.58. The second kappa shape index (κ2) is 12.2. The zero-order chi connectivity index (χ0) is 28.5. The van der Waals surface area contributed by atoms with Crippen molar-refractivity contribution >= 4 is 34.1 Å². The number of carbonyl (C=O) groups excluding carboxylic acids is 3. The fourth-order valence-electron chi connectivity index (χ4n) is 7.01. The van der Waals surface area contributed by atoms with Gasteiger partial charge in [-0.1, -0.05) is 38.3 Å². The van der Waals surface area contributed by atoms with Gasteiger partial charge in [-0.3, -0.25) is 14.4 Å². The number of amides is 2. The number of Topliss-reactive ketones (excluding diaryl/α,β-unsaturated/α-hetero) is 1. The van der Waals surface area contributed by atoms with E-state index in [1.165, 1.54) is 0 Å². The summed E-state index contributed by atoms with van der Waals surface area (Å²) in [4.78, 5) is 51.5. The zero-order valence-electron chi connectivity index (χ0n) is 24.1. The number of anilines is 1. The first-order valence-electron chi connectivity index (χ1n) is 15.2. The molecule has 41 heavy (non-hydrogen) atoms. The maximum Gasteiger partial charge on any atom is 0.251 e. The number of aromatic nitrogens is 1. The van der Waals surface area contributed by atoms with Gasteiger partial charge in [0.2, 0.25) is 5.91 Å². The van der Waals surface area contributed by atoms with Gasteiger partial charge in [-0.15, -0.1) is 11.3 Å². The SMILES string of the molecule is CCC[C@@H]1CN(C(=O)[C@@H](NC(=O)c2ccc(-c3csc(N4CCN(C)CC4)n3)cc2)C2CCCC2)[C@@H]2C(=O)CO[C@H]12. The lowest BCUT2D eigenvalue weighted by molar-refractivity contribution is -0.139. The van der Waals surface area contributed by atoms with Crippen molar-refractivity contribution in [2.45, 2.75) is 63.6 Å². The molecule has 10 heteroatoms. The van der Waals surface area contributed by atoms with Gasteiger partial charge in [-0.05, 0) is 44.4 Å². The molecule has 2 aromatic rings. The van der Waals surface area contributed by atoms with Gasteiger partial charge in [0.05, 0.1) is 11.8 Å². The van der Waals surface area contributed by atoms with Crippen LogP contribution < -0.4 is 10.2 Å². The summed E-state index contributed by atoms with van der Waals surface area (Å²) in [6.45, 7) is 6.72. The number of thiazole rings is 1. The van der Waals surface area contributed by atoms with E-state index in [-0.39, 0.29) is 42.1 Å². The molecule has 1 N–H and O–H groups in total. The first-order chi connectivity index (χ1) is 19.9. The summed E-state index contributed by atoms with van der Waals surface area (Å²) in [5, 5.41) is 6.20. The fraction of sp³-hybridized carbons (Fsp3) is 0.613. The Morgan fingerprint density at radius 2 is 1.85 bits per heavy atom. The molecule has 9 nitrogen and oxygen atoms in total. The minimum absolute atomic E-state index is 0.0214. The Morgan fingerprint density at radius 1 is 1.12 bits per heavy atom. The molecule has 4 fully saturated rings. The fourth-order valence-corrected chi connectivity index (χ4v) is 7.90. The van der Waals surface area contributed by atoms with Crippen molar-refractivity contribution in [3.8, 4) is 11.3 Å². The van der Waals surface area contributed by atoms with Gasteiger partial charge < -0.3 is 24.8 Å². The number of ketones is 1. The lowest BCUT2D eigenvalue weighted by atomic mass is 9.95. The molecule has 0 unspecified atom stereocenters. The van der Waals surface area contributed by atoms with Gasteiger partial charge in [0.25, 0.3) is 5.91 Å². The molecule has 1 aliphatic carbocycles. The standard InChI is InChI=1S/C31H41N5O4S/c1-3-6-23-17-36(27-25(37)18-40-28(23)27)30(39)26(21-7-4-5-8-21)33-29(38)22-11-9-20(10-12-22)24-19-41-31(32-24)35-15-13-34(2)14-16-35/h9-12,19,21,23,26-28H,3-8,13-18H2,1-2H3,(H,33,38)/t23-,26+,27-,28-/m1/s1. The highest BCUT2D eigenvalue weighted by atomic mass is 32.1. The highest BCUT2D eigenvalue weighted by Crippen LogP contribution is 2.37. The summed E-state index contributed by atoms with van der Waals surface area (Å²) in [5.41, 5.74) is 2.39. The van der Waals surface area contributed by atoms with Crippen molar-refractivity contribution < 1.29 is 19.1 Å². The van der Waals surface area contributed by atoms with E-state index in [0.29, 0.717) is 12.1 Å². The topological polar surface area (TPSA) is 95.1 Å². The quantitative estimate of drug-likeness (QED) is 0.512. The second-order valence-electron chi connectivity index (χ2n) is 12.1. The van der Waals surface area contributed by atoms with Crippen LogP contribution in [0.4, 0.5) is 5.13 Å². The van der Waals surface area contributed by atoms with E-state index >= 15 is 0 Å². The number of likely N-dealkylation sites (N-methyl/N-ethyl adjacent to an activating group) is 1. The number of nitrogens with one attached hydrogen (secondary N) is 1. The molecule has 0 radical (unpaired) electrons. The Bertz CT molecular complexity index is 1250. The average molecular weight is 580 g/mol. The number of nitrogens with zero attached hydrogens (tertiary/aromatic N) is 4. The van der Waals surface area contributed by atoms with Crippen LogP contribution in [-0.4, -0.2) is 96.9 Å². The smallest absolute Gasteiger partial charge is 0.251 e. The summed E-state index contributed by atoms with van der Waals surface area (Å²) in [6, 6.07) is 6.33. The molecule has 220 valence electrons. The molecule has 0 spiro atoms. The molecule has 4 aliphatic rings. The second-order valence-corrected chi connectivity index (χ2v) is 12.9. The van der Waals surface area contributed by atoms with E-state index in [1.807, 2.05) is 24.3 Å². The maximum absolute atomic E-state index is 14.0. The zero-order valence-corrected chi connectivity index (χ0v) is 24.9. The van der Waals surface area contributed by atoms with Crippen LogP contribution in [0, 0.1) is 11.8 Å². The van der Waals surface area contributed by atoms with Crippen LogP contribution in [0.2, 0.25) is 0 Å². The van der Waals surface area contributed by atoms with Crippen LogP contribution in [-0.2, 0) is 14.3 Å². The van der Waals surface area contributed by atoms with Gasteiger partial charge in [0, 0.05) is 55.1 Å². The molecule has 4 atom stereocenters. The van der Waals surface area contributed by atoms with E-state index < -0.39 is 12.1 Å². The Kier molecular flexibility index (Phi) is 8.42. The molecule has 1 saturated carbocycles. The predicted octanol–water partition coefficient (Wildman–Crippen LogP) is 3.45. The van der Waals surface area contributed by atoms with Crippen LogP contribution in [0.5, 0.6) is 0 Å². The lowest BCUT2D eigenvalue weighted by Gasteiger charge is -2.32. The van der Waals surface area contributed by atoms with E-state index in [9.17, 15) is 14.4 Å². The number of benzene rings is 1. The van der Waals surface area contributed by atoms with Gasteiger partial charge in [0.15, 0.2) is 10.9 Å². The van der Waals surface area contributed by atoms with Crippen molar-refractivity contribution in [3.63, 3.8) is 0 Å². The van der Waals surface area contributed by atoms with E-state index in [1.54, 1.807) is 16.2 Å². The van der Waals surface area contributed by atoms with E-state index in [0.717, 1.165) is 81.1 Å². The normalized spacial score (nSPS) is 26.0. The monoisotopic (exact) mass is 579 g/mol. The van der Waals surface area contributed by atoms with Gasteiger partial charge in [-0.25, -0.2) is 4.98 Å². The summed E-state index contributed by atoms with van der Waals surface area (Å²) in [7, 11) is 2.14. The number of piperazine rings is 1. The van der Waals surface area contributed by atoms with E-state index in [4.69, 9.17) is 9.72 Å². The molecule has 6 rings (SSSR count). The number of carbonyl (C=O) groups is 3. The average Bonchev–Trinajstić information content (AvgIpc) is 3.79. The largest absolute Gasteiger partial charge is 0.367 e. The third kappa shape index (κ3) is 5.79. The van der Waals surface area contributed by atoms with Crippen molar-refractivity contribution in [1.29, 1.82) is 0 Å². The molecule has 1 aromatic carbocycles. The van der Waals surface area contributed by atoms with Gasteiger partial charge >= 0.3 is 0 Å². The first-order valence-corrected chi connectivity index (χ1v) is 16.1. The molecular weight excluding hydrogens is 538 g/mol. The summed E-state index contributed by atoms with van der Waals surface area (Å²) < 4.78 is 5.84. The van der Waals surface area contributed by atoms with Crippen LogP contribution >= 0.6 is 11.3 Å². The highest BCUT2D eigenvalue weighted by Gasteiger charge is 2.53. The molecule has 3 aliphatic heterocycles. The number of fused-ring (bicyclic) bond motifs is 1. The van der Waals surface area contributed by atoms with Gasteiger partial charge in [-0.2, -0.15) is 0 Å². The molecule has 0 bridgehead atoms. The minimum Gasteiger partial charge on any atom is -0.367 e. The van der Waals surface area contributed by atoms with Crippen molar-refractivity contribution in [1.82, 2.24) is 20.1 Å². The first kappa shape index (κ1) is 28.3. The third-order valence-corrected chi connectivity index (χ3v) is 10.3.